The van der Waals surface area contributed by atoms with Gasteiger partial charge < -0.3 is 24.6 Å². The van der Waals surface area contributed by atoms with Crippen molar-refractivity contribution in [2.24, 2.45) is 4.99 Å². The molecule has 0 spiro atoms. The molecule has 1 aromatic carbocycles. The van der Waals surface area contributed by atoms with E-state index in [1.54, 1.807) is 7.11 Å². The molecule has 0 aliphatic heterocycles. The molecule has 8 heteroatoms. The average molecular weight is 516 g/mol. The maximum absolute atomic E-state index is 5.56. The molecule has 0 atom stereocenters. The predicted octanol–water partition coefficient (Wildman–Crippen LogP) is 5.18. The highest BCUT2D eigenvalue weighted by Gasteiger charge is 2.13. The van der Waals surface area contributed by atoms with Crippen LogP contribution in [-0.4, -0.2) is 31.4 Å². The Hall–Kier alpha value is -1.97. The van der Waals surface area contributed by atoms with Crippen LogP contribution in [0.15, 0.2) is 33.8 Å². The molecule has 29 heavy (non-hydrogen) atoms. The largest absolute Gasteiger partial charge is 0.493 e. The number of nitrogens with one attached hydrogen (secondary N) is 2. The van der Waals surface area contributed by atoms with E-state index < -0.39 is 0 Å². The lowest BCUT2D eigenvalue weighted by Gasteiger charge is -2.14. The number of hydrogen-bond donors (Lipinski definition) is 2. The van der Waals surface area contributed by atoms with Gasteiger partial charge in [0.15, 0.2) is 23.2 Å². The van der Waals surface area contributed by atoms with Crippen molar-refractivity contribution >= 4 is 35.6 Å². The van der Waals surface area contributed by atoms with Gasteiger partial charge in [0, 0.05) is 30.3 Å². The van der Waals surface area contributed by atoms with Crippen LogP contribution in [0.1, 0.15) is 57.9 Å². The van der Waals surface area contributed by atoms with Crippen molar-refractivity contribution in [3.63, 3.8) is 0 Å². The molecule has 0 radical (unpaired) electrons. The molecule has 0 aliphatic carbocycles. The molecule has 1 aromatic heterocycles. The van der Waals surface area contributed by atoms with Gasteiger partial charge in [0.25, 0.3) is 0 Å². The number of halogens is 1. The smallest absolute Gasteiger partial charge is 0.196 e. The first kappa shape index (κ1) is 25.1. The fourth-order valence-electron chi connectivity index (χ4n) is 2.92. The molecule has 0 saturated heterocycles. The van der Waals surface area contributed by atoms with Gasteiger partial charge in [0.2, 0.25) is 0 Å². The van der Waals surface area contributed by atoms with Gasteiger partial charge in [-0.3, -0.25) is 0 Å². The van der Waals surface area contributed by atoms with Crippen molar-refractivity contribution in [1.82, 2.24) is 10.5 Å². The van der Waals surface area contributed by atoms with E-state index in [0.29, 0.717) is 36.5 Å². The number of aromatic nitrogens is 1. The summed E-state index contributed by atoms with van der Waals surface area (Å²) in [5.41, 5.74) is 1.86. The van der Waals surface area contributed by atoms with Crippen molar-refractivity contribution in [2.45, 2.75) is 53.0 Å². The third kappa shape index (κ3) is 7.41. The minimum atomic E-state index is 0. The van der Waals surface area contributed by atoms with Gasteiger partial charge in [-0.15, -0.1) is 24.0 Å². The van der Waals surface area contributed by atoms with Crippen molar-refractivity contribution in [2.75, 3.05) is 25.6 Å². The molecule has 0 saturated carbocycles. The summed E-state index contributed by atoms with van der Waals surface area (Å²) >= 11 is 0. The van der Waals surface area contributed by atoms with Crippen LogP contribution in [0, 0.1) is 0 Å². The number of anilines is 1. The fraction of sp³-hybridized carbons (Fsp3) is 0.524. The first-order chi connectivity index (χ1) is 13.6. The average Bonchev–Trinajstić information content (AvgIpc) is 3.17. The number of guanidine groups is 1. The molecule has 0 bridgehead atoms. The molecule has 2 N–H and O–H groups in total. The zero-order valence-corrected chi connectivity index (χ0v) is 20.3. The van der Waals surface area contributed by atoms with Crippen LogP contribution in [-0.2, 0) is 6.54 Å². The number of nitrogens with zero attached hydrogens (tertiary/aromatic N) is 2. The number of aliphatic imine (C=N–C) groups is 1. The fourth-order valence-corrected chi connectivity index (χ4v) is 2.92. The van der Waals surface area contributed by atoms with E-state index >= 15 is 0 Å². The molecule has 1 heterocycles. The van der Waals surface area contributed by atoms with E-state index in [1.807, 2.05) is 38.1 Å². The molecular formula is C21H33IN4O3. The highest BCUT2D eigenvalue weighted by atomic mass is 127. The van der Waals surface area contributed by atoms with E-state index in [-0.39, 0.29) is 24.0 Å². The van der Waals surface area contributed by atoms with E-state index in [0.717, 1.165) is 36.5 Å². The molecule has 0 aliphatic rings. The van der Waals surface area contributed by atoms with Gasteiger partial charge in [-0.05, 0) is 38.8 Å². The SMILES string of the molecule is CCNC(=NCc1cc(C(CC)CC)no1)Nc1ccc(OCC)c(OC)c1.I. The van der Waals surface area contributed by atoms with E-state index in [9.17, 15) is 0 Å². The Morgan fingerprint density at radius 1 is 1.14 bits per heavy atom. The lowest BCUT2D eigenvalue weighted by Crippen LogP contribution is -2.30. The number of benzene rings is 1. The lowest BCUT2D eigenvalue weighted by atomic mass is 9.99. The Bertz CT molecular complexity index is 760. The summed E-state index contributed by atoms with van der Waals surface area (Å²) in [5, 5.41) is 10.7. The van der Waals surface area contributed by atoms with Gasteiger partial charge in [-0.2, -0.15) is 0 Å². The predicted molar refractivity (Wildman–Crippen MR) is 128 cm³/mol. The summed E-state index contributed by atoms with van der Waals surface area (Å²) in [4.78, 5) is 4.61. The second kappa shape index (κ2) is 13.3. The molecule has 0 unspecified atom stereocenters. The molecule has 2 aromatic rings. The van der Waals surface area contributed by atoms with Crippen molar-refractivity contribution in [3.8, 4) is 11.5 Å². The Kier molecular flexibility index (Phi) is 11.5. The van der Waals surface area contributed by atoms with Gasteiger partial charge in [-0.25, -0.2) is 4.99 Å². The molecule has 162 valence electrons. The summed E-state index contributed by atoms with van der Waals surface area (Å²) < 4.78 is 16.4. The topological polar surface area (TPSA) is 80.9 Å². The van der Waals surface area contributed by atoms with Crippen LogP contribution in [0.3, 0.4) is 0 Å². The van der Waals surface area contributed by atoms with Gasteiger partial charge in [0.05, 0.1) is 19.4 Å². The van der Waals surface area contributed by atoms with E-state index in [2.05, 4.69) is 34.6 Å². The monoisotopic (exact) mass is 516 g/mol. The number of rotatable bonds is 10. The standard InChI is InChI=1S/C21H32N4O3.HI/c1-6-15(7-2)18-13-17(28-25-18)14-23-21(22-8-3)24-16-10-11-19(27-9-4)20(12-16)26-5;/h10-13,15H,6-9,14H2,1-5H3,(H2,22,23,24);1H. The number of methoxy groups -OCH3 is 1. The van der Waals surface area contributed by atoms with Crippen molar-refractivity contribution in [1.29, 1.82) is 0 Å². The summed E-state index contributed by atoms with van der Waals surface area (Å²) in [6.07, 6.45) is 2.10. The molecular weight excluding hydrogens is 483 g/mol. The maximum atomic E-state index is 5.56. The summed E-state index contributed by atoms with van der Waals surface area (Å²) in [6.45, 7) is 10.0. The minimum Gasteiger partial charge on any atom is -0.493 e. The van der Waals surface area contributed by atoms with Crippen LogP contribution in [0.4, 0.5) is 5.69 Å². The zero-order chi connectivity index (χ0) is 20.4. The van der Waals surface area contributed by atoms with Crippen molar-refractivity contribution in [3.05, 3.63) is 35.7 Å². The van der Waals surface area contributed by atoms with Crippen molar-refractivity contribution < 1.29 is 14.0 Å². The molecule has 2 rings (SSSR count). The summed E-state index contributed by atoms with van der Waals surface area (Å²) in [7, 11) is 1.63. The first-order valence-electron chi connectivity index (χ1n) is 9.96. The number of ether oxygens (including phenoxy) is 2. The van der Waals surface area contributed by atoms with Gasteiger partial charge in [0.1, 0.15) is 6.54 Å². The van der Waals surface area contributed by atoms with Crippen LogP contribution in [0.2, 0.25) is 0 Å². The Morgan fingerprint density at radius 3 is 2.52 bits per heavy atom. The quantitative estimate of drug-likeness (QED) is 0.257. The third-order valence-electron chi connectivity index (χ3n) is 4.44. The normalized spacial score (nSPS) is 11.2. The van der Waals surface area contributed by atoms with Crippen LogP contribution in [0.5, 0.6) is 11.5 Å². The highest BCUT2D eigenvalue weighted by molar-refractivity contribution is 14.0. The zero-order valence-electron chi connectivity index (χ0n) is 17.9. The van der Waals surface area contributed by atoms with Crippen LogP contribution >= 0.6 is 24.0 Å². The lowest BCUT2D eigenvalue weighted by molar-refractivity contribution is 0.311. The van der Waals surface area contributed by atoms with Gasteiger partial charge in [-0.1, -0.05) is 19.0 Å². The summed E-state index contributed by atoms with van der Waals surface area (Å²) in [6, 6.07) is 7.70. The highest BCUT2D eigenvalue weighted by Crippen LogP contribution is 2.30. The molecule has 0 fully saturated rings. The van der Waals surface area contributed by atoms with E-state index in [1.165, 1.54) is 0 Å². The van der Waals surface area contributed by atoms with Crippen LogP contribution in [0.25, 0.3) is 0 Å². The Labute approximate surface area is 190 Å². The second-order valence-electron chi connectivity index (χ2n) is 6.35. The van der Waals surface area contributed by atoms with Crippen LogP contribution < -0.4 is 20.1 Å². The first-order valence-corrected chi connectivity index (χ1v) is 9.96. The number of hydrogen-bond acceptors (Lipinski definition) is 5. The molecule has 7 nitrogen and oxygen atoms in total. The van der Waals surface area contributed by atoms with E-state index in [4.69, 9.17) is 14.0 Å². The Morgan fingerprint density at radius 2 is 1.90 bits per heavy atom. The second-order valence-corrected chi connectivity index (χ2v) is 6.35. The third-order valence-corrected chi connectivity index (χ3v) is 4.44. The maximum Gasteiger partial charge on any atom is 0.196 e. The Balaban J connectivity index is 0.00000420. The minimum absolute atomic E-state index is 0. The summed E-state index contributed by atoms with van der Waals surface area (Å²) in [5.74, 6) is 3.24. The molecule has 0 amide bonds. The van der Waals surface area contributed by atoms with Gasteiger partial charge >= 0.3 is 0 Å².